The molecule has 0 atom stereocenters. The number of hydrogen-bond donors (Lipinski definition) is 1. The lowest BCUT2D eigenvalue weighted by Crippen LogP contribution is -2.39. The summed E-state index contributed by atoms with van der Waals surface area (Å²) in [5.74, 6) is 1.85. The number of hydrogen-bond acceptors (Lipinski definition) is 3. The van der Waals surface area contributed by atoms with Gasteiger partial charge in [-0.25, -0.2) is 0 Å². The van der Waals surface area contributed by atoms with Crippen molar-refractivity contribution < 1.29 is 9.53 Å². The predicted octanol–water partition coefficient (Wildman–Crippen LogP) is 2.74. The van der Waals surface area contributed by atoms with Gasteiger partial charge >= 0.3 is 0 Å². The Morgan fingerprint density at radius 2 is 1.77 bits per heavy atom. The Kier molecular flexibility index (Phi) is 10.2. The molecule has 6 nitrogen and oxygen atoms in total. The Balaban J connectivity index is 2.64. The summed E-state index contributed by atoms with van der Waals surface area (Å²) in [7, 11) is 2.00. The number of amides is 1. The minimum absolute atomic E-state index is 0.156. The number of nitrogens with zero attached hydrogens (tertiary/aromatic N) is 3. The van der Waals surface area contributed by atoms with Crippen LogP contribution in [0.5, 0.6) is 5.75 Å². The van der Waals surface area contributed by atoms with E-state index in [2.05, 4.69) is 27.3 Å². The molecule has 1 aromatic carbocycles. The Morgan fingerprint density at radius 1 is 1.12 bits per heavy atom. The lowest BCUT2D eigenvalue weighted by Gasteiger charge is -2.22. The molecule has 0 bridgehead atoms. The number of carbonyl (C=O) groups excluding carboxylic acids is 1. The van der Waals surface area contributed by atoms with E-state index in [1.165, 1.54) is 5.56 Å². The molecule has 0 aliphatic heterocycles. The van der Waals surface area contributed by atoms with Crippen molar-refractivity contribution in [2.75, 3.05) is 39.8 Å². The number of nitrogens with one attached hydrogen (secondary N) is 1. The van der Waals surface area contributed by atoms with Crippen LogP contribution >= 0.6 is 0 Å². The maximum atomic E-state index is 12.1. The van der Waals surface area contributed by atoms with E-state index in [-0.39, 0.29) is 5.91 Å². The smallest absolute Gasteiger partial charge is 0.224 e. The second-order valence-electron chi connectivity index (χ2n) is 5.98. The summed E-state index contributed by atoms with van der Waals surface area (Å²) in [6.45, 7) is 12.2. The highest BCUT2D eigenvalue weighted by molar-refractivity contribution is 5.80. The zero-order chi connectivity index (χ0) is 19.4. The second kappa shape index (κ2) is 12.2. The lowest BCUT2D eigenvalue weighted by atomic mass is 10.2. The van der Waals surface area contributed by atoms with Crippen LogP contribution in [-0.4, -0.2) is 61.5 Å². The van der Waals surface area contributed by atoms with Crippen molar-refractivity contribution in [3.05, 3.63) is 29.8 Å². The highest BCUT2D eigenvalue weighted by Gasteiger charge is 2.10. The van der Waals surface area contributed by atoms with E-state index in [4.69, 9.17) is 4.74 Å². The number of carbonyl (C=O) groups is 1. The van der Waals surface area contributed by atoms with Crippen molar-refractivity contribution >= 4 is 11.9 Å². The van der Waals surface area contributed by atoms with Gasteiger partial charge in [-0.15, -0.1) is 0 Å². The van der Waals surface area contributed by atoms with E-state index in [0.717, 1.165) is 37.9 Å². The Hall–Kier alpha value is -2.24. The maximum Gasteiger partial charge on any atom is 0.224 e. The molecule has 6 heteroatoms. The number of benzene rings is 1. The summed E-state index contributed by atoms with van der Waals surface area (Å²) in [6, 6.07) is 8.10. The fraction of sp³-hybridized carbons (Fsp3) is 0.600. The molecule has 146 valence electrons. The molecule has 0 spiro atoms. The normalized spacial score (nSPS) is 11.2. The molecule has 0 aromatic heterocycles. The molecule has 0 aliphatic carbocycles. The van der Waals surface area contributed by atoms with Crippen molar-refractivity contribution in [1.82, 2.24) is 15.1 Å². The zero-order valence-corrected chi connectivity index (χ0v) is 16.9. The molecular formula is C20H34N4O2. The topological polar surface area (TPSA) is 57.2 Å². The van der Waals surface area contributed by atoms with Gasteiger partial charge in [-0.1, -0.05) is 12.1 Å². The third-order valence-electron chi connectivity index (χ3n) is 4.05. The largest absolute Gasteiger partial charge is 0.494 e. The summed E-state index contributed by atoms with van der Waals surface area (Å²) in [5, 5.41) is 3.29. The third kappa shape index (κ3) is 7.33. The van der Waals surface area contributed by atoms with Crippen LogP contribution in [0.3, 0.4) is 0 Å². The number of aliphatic imine (C=N–C) groups is 1. The van der Waals surface area contributed by atoms with Gasteiger partial charge in [0.2, 0.25) is 5.91 Å². The quantitative estimate of drug-likeness (QED) is 0.514. The Bertz CT molecular complexity index is 553. The van der Waals surface area contributed by atoms with Crippen molar-refractivity contribution in [3.8, 4) is 5.75 Å². The monoisotopic (exact) mass is 362 g/mol. The molecule has 1 rings (SSSR count). The number of ether oxygens (including phenoxy) is 1. The summed E-state index contributed by atoms with van der Waals surface area (Å²) in [5.41, 5.74) is 1.18. The van der Waals surface area contributed by atoms with Crippen LogP contribution in [0, 0.1) is 0 Å². The summed E-state index contributed by atoms with van der Waals surface area (Å²) >= 11 is 0. The average Bonchev–Trinajstić information content (AvgIpc) is 2.64. The van der Waals surface area contributed by atoms with Gasteiger partial charge in [-0.2, -0.15) is 0 Å². The molecular weight excluding hydrogens is 328 g/mol. The van der Waals surface area contributed by atoms with E-state index in [1.54, 1.807) is 0 Å². The van der Waals surface area contributed by atoms with Gasteiger partial charge < -0.3 is 19.9 Å². The third-order valence-corrected chi connectivity index (χ3v) is 4.05. The standard InChI is InChI=1S/C20H34N4O2/c1-6-21-20(22-15-14-19(25)24(7-2)8-3)23(5)16-17-10-12-18(13-11-17)26-9-4/h10-13H,6-9,14-16H2,1-5H3,(H,21,22). The van der Waals surface area contributed by atoms with E-state index >= 15 is 0 Å². The van der Waals surface area contributed by atoms with Crippen LogP contribution in [0.2, 0.25) is 0 Å². The molecule has 0 unspecified atom stereocenters. The average molecular weight is 363 g/mol. The van der Waals surface area contributed by atoms with Gasteiger partial charge in [0.15, 0.2) is 5.96 Å². The molecule has 0 heterocycles. The molecule has 0 saturated heterocycles. The van der Waals surface area contributed by atoms with Gasteiger partial charge in [-0.05, 0) is 45.4 Å². The van der Waals surface area contributed by atoms with Crippen molar-refractivity contribution in [2.45, 2.75) is 40.7 Å². The van der Waals surface area contributed by atoms with Gasteiger partial charge in [0.05, 0.1) is 13.2 Å². The van der Waals surface area contributed by atoms with Gasteiger partial charge in [0.25, 0.3) is 0 Å². The molecule has 1 amide bonds. The van der Waals surface area contributed by atoms with Crippen LogP contribution in [0.15, 0.2) is 29.3 Å². The summed E-state index contributed by atoms with van der Waals surface area (Å²) in [4.78, 5) is 20.6. The molecule has 0 aliphatic rings. The van der Waals surface area contributed by atoms with Crippen molar-refractivity contribution in [2.24, 2.45) is 4.99 Å². The molecule has 0 radical (unpaired) electrons. The maximum absolute atomic E-state index is 12.1. The van der Waals surface area contributed by atoms with E-state index < -0.39 is 0 Å². The number of guanidine groups is 1. The number of rotatable bonds is 10. The Morgan fingerprint density at radius 3 is 2.31 bits per heavy atom. The molecule has 0 saturated carbocycles. The minimum atomic E-state index is 0.156. The fourth-order valence-corrected chi connectivity index (χ4v) is 2.67. The predicted molar refractivity (Wildman–Crippen MR) is 108 cm³/mol. The highest BCUT2D eigenvalue weighted by atomic mass is 16.5. The van der Waals surface area contributed by atoms with Gasteiger partial charge in [0, 0.05) is 39.6 Å². The molecule has 0 fully saturated rings. The zero-order valence-electron chi connectivity index (χ0n) is 16.9. The summed E-state index contributed by atoms with van der Waals surface area (Å²) in [6.07, 6.45) is 0.438. The van der Waals surface area contributed by atoms with E-state index in [9.17, 15) is 4.79 Å². The van der Waals surface area contributed by atoms with Crippen LogP contribution in [0.1, 0.15) is 39.7 Å². The minimum Gasteiger partial charge on any atom is -0.494 e. The van der Waals surface area contributed by atoms with Gasteiger partial charge in [0.1, 0.15) is 5.75 Å². The fourth-order valence-electron chi connectivity index (χ4n) is 2.67. The first-order valence-corrected chi connectivity index (χ1v) is 9.54. The highest BCUT2D eigenvalue weighted by Crippen LogP contribution is 2.13. The first kappa shape index (κ1) is 21.8. The van der Waals surface area contributed by atoms with Crippen molar-refractivity contribution in [3.63, 3.8) is 0 Å². The van der Waals surface area contributed by atoms with Crippen LogP contribution < -0.4 is 10.1 Å². The van der Waals surface area contributed by atoms with E-state index in [1.807, 2.05) is 51.8 Å². The lowest BCUT2D eigenvalue weighted by molar-refractivity contribution is -0.130. The first-order chi connectivity index (χ1) is 12.5. The molecule has 1 N–H and O–H groups in total. The SMILES string of the molecule is CCNC(=NCCC(=O)N(CC)CC)N(C)Cc1ccc(OCC)cc1. The second-order valence-corrected chi connectivity index (χ2v) is 5.98. The molecule has 1 aromatic rings. The first-order valence-electron chi connectivity index (χ1n) is 9.54. The van der Waals surface area contributed by atoms with Crippen LogP contribution in [0.25, 0.3) is 0 Å². The van der Waals surface area contributed by atoms with Crippen LogP contribution in [0.4, 0.5) is 0 Å². The Labute approximate surface area is 158 Å². The van der Waals surface area contributed by atoms with E-state index in [0.29, 0.717) is 19.6 Å². The van der Waals surface area contributed by atoms with Crippen LogP contribution in [-0.2, 0) is 11.3 Å². The summed E-state index contributed by atoms with van der Waals surface area (Å²) < 4.78 is 5.48. The van der Waals surface area contributed by atoms with Crippen molar-refractivity contribution in [1.29, 1.82) is 0 Å². The molecule has 26 heavy (non-hydrogen) atoms. The van der Waals surface area contributed by atoms with Gasteiger partial charge in [-0.3, -0.25) is 9.79 Å².